The fourth-order valence-corrected chi connectivity index (χ4v) is 3.16. The molecular formula is C17H27N3O3. The molecule has 0 bridgehead atoms. The second-order valence-corrected chi connectivity index (χ2v) is 6.31. The van der Waals surface area contributed by atoms with Crippen molar-refractivity contribution in [2.45, 2.75) is 25.8 Å². The molecule has 0 aromatic carbocycles. The Morgan fingerprint density at radius 3 is 2.65 bits per heavy atom. The molecule has 0 aliphatic carbocycles. The number of hydrogen-bond donors (Lipinski definition) is 1. The van der Waals surface area contributed by atoms with Crippen LogP contribution >= 0.6 is 0 Å². The number of furan rings is 1. The minimum Gasteiger partial charge on any atom is -0.455 e. The number of nitrogens with one attached hydrogen (secondary N) is 1. The zero-order valence-electron chi connectivity index (χ0n) is 13.8. The summed E-state index contributed by atoms with van der Waals surface area (Å²) in [5.41, 5.74) is 0. The van der Waals surface area contributed by atoms with Crippen molar-refractivity contribution in [3.05, 3.63) is 23.7 Å². The molecule has 0 radical (unpaired) electrons. The van der Waals surface area contributed by atoms with Gasteiger partial charge in [0.25, 0.3) is 5.91 Å². The summed E-state index contributed by atoms with van der Waals surface area (Å²) in [7, 11) is 0. The number of amides is 1. The van der Waals surface area contributed by atoms with Crippen molar-refractivity contribution in [1.82, 2.24) is 15.1 Å². The van der Waals surface area contributed by atoms with Crippen molar-refractivity contribution in [3.63, 3.8) is 0 Å². The van der Waals surface area contributed by atoms with Crippen molar-refractivity contribution in [2.75, 3.05) is 52.5 Å². The highest BCUT2D eigenvalue weighted by Gasteiger charge is 2.16. The summed E-state index contributed by atoms with van der Waals surface area (Å²) in [6, 6.07) is 3.70. The van der Waals surface area contributed by atoms with Gasteiger partial charge in [-0.1, -0.05) is 0 Å². The third-order valence-electron chi connectivity index (χ3n) is 4.50. The lowest BCUT2D eigenvalue weighted by Crippen LogP contribution is -2.38. The second kappa shape index (κ2) is 8.47. The van der Waals surface area contributed by atoms with Gasteiger partial charge in [-0.25, -0.2) is 0 Å². The predicted octanol–water partition coefficient (Wildman–Crippen LogP) is 1.33. The molecule has 0 saturated carbocycles. The molecule has 2 fully saturated rings. The van der Waals surface area contributed by atoms with Crippen LogP contribution in [0.3, 0.4) is 0 Å². The van der Waals surface area contributed by atoms with Gasteiger partial charge in [0.05, 0.1) is 19.8 Å². The molecular weight excluding hydrogens is 294 g/mol. The first-order chi connectivity index (χ1) is 11.3. The quantitative estimate of drug-likeness (QED) is 0.768. The van der Waals surface area contributed by atoms with Crippen LogP contribution in [0, 0.1) is 0 Å². The fourth-order valence-electron chi connectivity index (χ4n) is 3.16. The van der Waals surface area contributed by atoms with E-state index in [0.717, 1.165) is 64.7 Å². The molecule has 1 N–H and O–H groups in total. The Kier molecular flexibility index (Phi) is 6.07. The maximum atomic E-state index is 12.1. The maximum absolute atomic E-state index is 12.1. The van der Waals surface area contributed by atoms with Gasteiger partial charge >= 0.3 is 0 Å². The smallest absolute Gasteiger partial charge is 0.286 e. The number of hydrogen-bond acceptors (Lipinski definition) is 5. The Morgan fingerprint density at radius 1 is 1.09 bits per heavy atom. The minimum atomic E-state index is -0.111. The molecule has 1 aromatic heterocycles. The van der Waals surface area contributed by atoms with E-state index in [9.17, 15) is 4.79 Å². The molecule has 6 nitrogen and oxygen atoms in total. The average Bonchev–Trinajstić information content (AvgIpc) is 3.25. The van der Waals surface area contributed by atoms with Crippen LogP contribution in [0.1, 0.15) is 35.6 Å². The first kappa shape index (κ1) is 16.5. The summed E-state index contributed by atoms with van der Waals surface area (Å²) in [4.78, 5) is 16.8. The number of carbonyl (C=O) groups excluding carboxylic acids is 1. The van der Waals surface area contributed by atoms with Crippen molar-refractivity contribution < 1.29 is 13.9 Å². The number of morpholine rings is 1. The predicted molar refractivity (Wildman–Crippen MR) is 87.4 cm³/mol. The third kappa shape index (κ3) is 5.06. The Bertz CT molecular complexity index is 491. The van der Waals surface area contributed by atoms with E-state index < -0.39 is 0 Å². The van der Waals surface area contributed by atoms with E-state index in [4.69, 9.17) is 9.15 Å². The second-order valence-electron chi connectivity index (χ2n) is 6.31. The maximum Gasteiger partial charge on any atom is 0.286 e. The molecule has 0 atom stereocenters. The highest BCUT2D eigenvalue weighted by atomic mass is 16.5. The van der Waals surface area contributed by atoms with E-state index >= 15 is 0 Å². The molecule has 2 saturated heterocycles. The van der Waals surface area contributed by atoms with Crippen LogP contribution in [0.25, 0.3) is 0 Å². The summed E-state index contributed by atoms with van der Waals surface area (Å²) in [5, 5.41) is 2.94. The molecule has 0 unspecified atom stereocenters. The molecule has 23 heavy (non-hydrogen) atoms. The molecule has 1 aromatic rings. The molecule has 6 heteroatoms. The fraction of sp³-hybridized carbons (Fsp3) is 0.706. The summed E-state index contributed by atoms with van der Waals surface area (Å²) in [6.45, 7) is 8.37. The number of likely N-dealkylation sites (tertiary alicyclic amines) is 1. The van der Waals surface area contributed by atoms with Crippen molar-refractivity contribution in [1.29, 1.82) is 0 Å². The Hall–Kier alpha value is -1.37. The topological polar surface area (TPSA) is 58.0 Å². The molecule has 128 valence electrons. The monoisotopic (exact) mass is 321 g/mol. The lowest BCUT2D eigenvalue weighted by Gasteiger charge is -2.26. The van der Waals surface area contributed by atoms with Crippen LogP contribution in [0.4, 0.5) is 0 Å². The number of rotatable bonds is 7. The van der Waals surface area contributed by atoms with Gasteiger partial charge < -0.3 is 14.5 Å². The zero-order chi connectivity index (χ0) is 15.9. The summed E-state index contributed by atoms with van der Waals surface area (Å²) in [5.74, 6) is 1.19. The number of nitrogens with zero attached hydrogens (tertiary/aromatic N) is 2. The van der Waals surface area contributed by atoms with Crippen molar-refractivity contribution >= 4 is 5.91 Å². The first-order valence-electron chi connectivity index (χ1n) is 8.70. The summed E-state index contributed by atoms with van der Waals surface area (Å²) in [6.07, 6.45) is 3.47. The van der Waals surface area contributed by atoms with Gasteiger partial charge in [0.1, 0.15) is 5.76 Å². The van der Waals surface area contributed by atoms with Gasteiger partial charge in [-0.3, -0.25) is 14.6 Å². The SMILES string of the molecule is O=C(NCCCN1CCOCC1)c1ccc(CN2CCCC2)o1. The molecule has 1 amide bonds. The standard InChI is InChI=1S/C17H27N3O3/c21-17(18-6-3-9-19-10-12-22-13-11-19)16-5-4-15(23-16)14-20-7-1-2-8-20/h4-5H,1-3,6-14H2,(H,18,21). The van der Waals surface area contributed by atoms with E-state index in [1.165, 1.54) is 12.8 Å². The Morgan fingerprint density at radius 2 is 1.87 bits per heavy atom. The van der Waals surface area contributed by atoms with E-state index in [2.05, 4.69) is 15.1 Å². The molecule has 2 aliphatic heterocycles. The largest absolute Gasteiger partial charge is 0.455 e. The normalized spacial score (nSPS) is 20.0. The van der Waals surface area contributed by atoms with E-state index in [0.29, 0.717) is 12.3 Å². The van der Waals surface area contributed by atoms with Gasteiger partial charge in [0.2, 0.25) is 0 Å². The number of carbonyl (C=O) groups is 1. The zero-order valence-corrected chi connectivity index (χ0v) is 13.8. The highest BCUT2D eigenvalue weighted by molar-refractivity contribution is 5.91. The van der Waals surface area contributed by atoms with Crippen LogP contribution in [-0.2, 0) is 11.3 Å². The number of ether oxygens (including phenoxy) is 1. The van der Waals surface area contributed by atoms with Crippen LogP contribution in [-0.4, -0.2) is 68.2 Å². The first-order valence-corrected chi connectivity index (χ1v) is 8.70. The molecule has 0 spiro atoms. The van der Waals surface area contributed by atoms with Crippen LogP contribution in [0.5, 0.6) is 0 Å². The Labute approximate surface area is 137 Å². The lowest BCUT2D eigenvalue weighted by atomic mass is 10.3. The third-order valence-corrected chi connectivity index (χ3v) is 4.50. The van der Waals surface area contributed by atoms with Crippen LogP contribution in [0.2, 0.25) is 0 Å². The highest BCUT2D eigenvalue weighted by Crippen LogP contribution is 2.15. The summed E-state index contributed by atoms with van der Waals surface area (Å²) >= 11 is 0. The lowest BCUT2D eigenvalue weighted by molar-refractivity contribution is 0.0374. The van der Waals surface area contributed by atoms with Crippen LogP contribution in [0.15, 0.2) is 16.5 Å². The van der Waals surface area contributed by atoms with E-state index in [1.807, 2.05) is 6.07 Å². The van der Waals surface area contributed by atoms with Gasteiger partial charge in [-0.15, -0.1) is 0 Å². The Balaban J connectivity index is 1.35. The average molecular weight is 321 g/mol. The molecule has 3 rings (SSSR count). The van der Waals surface area contributed by atoms with Gasteiger partial charge in [0.15, 0.2) is 5.76 Å². The van der Waals surface area contributed by atoms with Crippen molar-refractivity contribution in [3.8, 4) is 0 Å². The van der Waals surface area contributed by atoms with Crippen molar-refractivity contribution in [2.24, 2.45) is 0 Å². The molecule has 3 heterocycles. The molecule has 2 aliphatic rings. The van der Waals surface area contributed by atoms with E-state index in [1.54, 1.807) is 6.07 Å². The van der Waals surface area contributed by atoms with Crippen LogP contribution < -0.4 is 5.32 Å². The van der Waals surface area contributed by atoms with E-state index in [-0.39, 0.29) is 5.91 Å². The minimum absolute atomic E-state index is 0.111. The van der Waals surface area contributed by atoms with Gasteiger partial charge in [0, 0.05) is 19.6 Å². The van der Waals surface area contributed by atoms with Gasteiger partial charge in [-0.2, -0.15) is 0 Å². The van der Waals surface area contributed by atoms with Gasteiger partial charge in [-0.05, 0) is 51.0 Å². The summed E-state index contributed by atoms with van der Waals surface area (Å²) < 4.78 is 11.0.